The van der Waals surface area contributed by atoms with Crippen LogP contribution in [0.1, 0.15) is 12.8 Å². The number of carbonyl (C=O) groups excluding carboxylic acids is 2. The maximum Gasteiger partial charge on any atom is 0.328 e. The van der Waals surface area contributed by atoms with Gasteiger partial charge in [-0.2, -0.15) is 0 Å². The van der Waals surface area contributed by atoms with Crippen LogP contribution in [0.3, 0.4) is 0 Å². The number of amides is 1. The van der Waals surface area contributed by atoms with E-state index in [1.54, 1.807) is 0 Å². The normalized spacial score (nSPS) is 22.3. The van der Waals surface area contributed by atoms with Crippen LogP contribution in [-0.2, 0) is 14.3 Å². The zero-order chi connectivity index (χ0) is 11.4. The van der Waals surface area contributed by atoms with Crippen molar-refractivity contribution in [3.63, 3.8) is 0 Å². The molecule has 1 heterocycles. The van der Waals surface area contributed by atoms with Crippen molar-refractivity contribution in [2.24, 2.45) is 0 Å². The van der Waals surface area contributed by atoms with Gasteiger partial charge in [-0.25, -0.2) is 9.18 Å². The first kappa shape index (κ1) is 11.7. The van der Waals surface area contributed by atoms with Crippen LogP contribution in [0.4, 0.5) is 4.39 Å². The van der Waals surface area contributed by atoms with E-state index in [0.29, 0.717) is 19.4 Å². The standard InChI is InChI=1S/C10H14FNO3/c1-3-7(11)9(13)12-6-4-5-8(12)10(14)15-2/h3,7-8H,1,4-6H2,2H3/t7?,8-/m0/s1. The lowest BCUT2D eigenvalue weighted by molar-refractivity contribution is -0.152. The van der Waals surface area contributed by atoms with Gasteiger partial charge in [-0.1, -0.05) is 6.58 Å². The van der Waals surface area contributed by atoms with Gasteiger partial charge in [-0.15, -0.1) is 0 Å². The highest BCUT2D eigenvalue weighted by Gasteiger charge is 2.36. The topological polar surface area (TPSA) is 46.6 Å². The van der Waals surface area contributed by atoms with Crippen molar-refractivity contribution >= 4 is 11.9 Å². The second kappa shape index (κ2) is 4.91. The van der Waals surface area contributed by atoms with Crippen molar-refractivity contribution in [1.82, 2.24) is 4.90 Å². The molecule has 1 aliphatic rings. The highest BCUT2D eigenvalue weighted by atomic mass is 19.1. The van der Waals surface area contributed by atoms with Crippen LogP contribution in [0, 0.1) is 0 Å². The van der Waals surface area contributed by atoms with Gasteiger partial charge in [0.1, 0.15) is 6.04 Å². The Balaban J connectivity index is 2.72. The molecule has 2 atom stereocenters. The summed E-state index contributed by atoms with van der Waals surface area (Å²) in [4.78, 5) is 24.0. The van der Waals surface area contributed by atoms with Crippen molar-refractivity contribution in [1.29, 1.82) is 0 Å². The maximum absolute atomic E-state index is 13.1. The number of likely N-dealkylation sites (tertiary alicyclic amines) is 1. The zero-order valence-corrected chi connectivity index (χ0v) is 8.61. The fourth-order valence-corrected chi connectivity index (χ4v) is 1.67. The Morgan fingerprint density at radius 1 is 1.67 bits per heavy atom. The van der Waals surface area contributed by atoms with Crippen molar-refractivity contribution in [3.05, 3.63) is 12.7 Å². The van der Waals surface area contributed by atoms with Crippen molar-refractivity contribution in [2.75, 3.05) is 13.7 Å². The number of methoxy groups -OCH3 is 1. The van der Waals surface area contributed by atoms with Crippen molar-refractivity contribution in [2.45, 2.75) is 25.1 Å². The maximum atomic E-state index is 13.1. The highest BCUT2D eigenvalue weighted by molar-refractivity contribution is 5.88. The molecule has 1 aliphatic heterocycles. The van der Waals surface area contributed by atoms with Gasteiger partial charge in [0.05, 0.1) is 7.11 Å². The van der Waals surface area contributed by atoms with Crippen molar-refractivity contribution in [3.8, 4) is 0 Å². The largest absolute Gasteiger partial charge is 0.467 e. The average Bonchev–Trinajstić information content (AvgIpc) is 2.74. The van der Waals surface area contributed by atoms with E-state index in [-0.39, 0.29) is 0 Å². The molecule has 0 bridgehead atoms. The lowest BCUT2D eigenvalue weighted by Gasteiger charge is -2.23. The van der Waals surface area contributed by atoms with Gasteiger partial charge in [-0.05, 0) is 18.9 Å². The lowest BCUT2D eigenvalue weighted by Crippen LogP contribution is -2.44. The van der Waals surface area contributed by atoms with Gasteiger partial charge < -0.3 is 9.64 Å². The van der Waals surface area contributed by atoms with Crippen molar-refractivity contribution < 1.29 is 18.7 Å². The van der Waals surface area contributed by atoms with Crippen LogP contribution in [-0.4, -0.2) is 42.6 Å². The van der Waals surface area contributed by atoms with Crippen LogP contribution in [0.5, 0.6) is 0 Å². The first-order valence-electron chi connectivity index (χ1n) is 4.76. The molecule has 0 aromatic carbocycles. The molecule has 0 aromatic heterocycles. The Bertz CT molecular complexity index is 280. The summed E-state index contributed by atoms with van der Waals surface area (Å²) in [6.45, 7) is 3.60. The summed E-state index contributed by atoms with van der Waals surface area (Å²) in [7, 11) is 1.25. The zero-order valence-electron chi connectivity index (χ0n) is 8.61. The molecule has 0 N–H and O–H groups in total. The summed E-state index contributed by atoms with van der Waals surface area (Å²) in [5, 5.41) is 0. The molecule has 84 valence electrons. The smallest absolute Gasteiger partial charge is 0.328 e. The van der Waals surface area contributed by atoms with Gasteiger partial charge in [0.25, 0.3) is 5.91 Å². The SMILES string of the molecule is C=CC(F)C(=O)N1CCC[C@H]1C(=O)OC. The summed E-state index contributed by atoms with van der Waals surface area (Å²) in [5.74, 6) is -1.20. The fraction of sp³-hybridized carbons (Fsp3) is 0.600. The third kappa shape index (κ3) is 2.34. The second-order valence-corrected chi connectivity index (χ2v) is 3.35. The van der Waals surface area contributed by atoms with E-state index in [1.165, 1.54) is 12.0 Å². The predicted molar refractivity (Wildman–Crippen MR) is 51.8 cm³/mol. The molecule has 1 fully saturated rings. The second-order valence-electron chi connectivity index (χ2n) is 3.35. The summed E-state index contributed by atoms with van der Waals surface area (Å²) in [5.41, 5.74) is 0. The third-order valence-electron chi connectivity index (χ3n) is 2.45. The molecule has 1 unspecified atom stereocenters. The van der Waals surface area contributed by atoms with Gasteiger partial charge in [0.15, 0.2) is 6.17 Å². The molecular weight excluding hydrogens is 201 g/mol. The molecule has 0 aliphatic carbocycles. The third-order valence-corrected chi connectivity index (χ3v) is 2.45. The van der Waals surface area contributed by atoms with E-state index >= 15 is 0 Å². The first-order chi connectivity index (χ1) is 7.11. The number of esters is 1. The van der Waals surface area contributed by atoms with Gasteiger partial charge in [0.2, 0.25) is 0 Å². The quantitative estimate of drug-likeness (QED) is 0.513. The Kier molecular flexibility index (Phi) is 3.82. The number of rotatable bonds is 3. The molecule has 1 saturated heterocycles. The number of hydrogen-bond donors (Lipinski definition) is 0. The Morgan fingerprint density at radius 3 is 2.87 bits per heavy atom. The number of ether oxygens (including phenoxy) is 1. The molecule has 0 radical (unpaired) electrons. The van der Waals surface area contributed by atoms with Crippen LogP contribution in [0.15, 0.2) is 12.7 Å². The summed E-state index contributed by atoms with van der Waals surface area (Å²) in [6.07, 6.45) is 0.405. The molecule has 4 nitrogen and oxygen atoms in total. The molecule has 0 spiro atoms. The van der Waals surface area contributed by atoms with Gasteiger partial charge in [-0.3, -0.25) is 4.79 Å². The number of nitrogens with zero attached hydrogens (tertiary/aromatic N) is 1. The van der Waals surface area contributed by atoms with Crippen LogP contribution in [0.25, 0.3) is 0 Å². The van der Waals surface area contributed by atoms with Gasteiger partial charge in [0, 0.05) is 6.54 Å². The van der Waals surface area contributed by atoms with Gasteiger partial charge >= 0.3 is 5.97 Å². The average molecular weight is 215 g/mol. The Morgan fingerprint density at radius 2 is 2.33 bits per heavy atom. The molecule has 1 rings (SSSR count). The van der Waals surface area contributed by atoms with E-state index in [9.17, 15) is 14.0 Å². The first-order valence-corrected chi connectivity index (χ1v) is 4.76. The number of halogens is 1. The number of hydrogen-bond acceptors (Lipinski definition) is 3. The summed E-state index contributed by atoms with van der Waals surface area (Å²) >= 11 is 0. The highest BCUT2D eigenvalue weighted by Crippen LogP contribution is 2.20. The minimum atomic E-state index is -1.74. The van der Waals surface area contributed by atoms with E-state index in [4.69, 9.17) is 0 Å². The van der Waals surface area contributed by atoms with E-state index in [2.05, 4.69) is 11.3 Å². The molecular formula is C10H14FNO3. The van der Waals surface area contributed by atoms with E-state index in [1.807, 2.05) is 0 Å². The monoisotopic (exact) mass is 215 g/mol. The fourth-order valence-electron chi connectivity index (χ4n) is 1.67. The number of carbonyl (C=O) groups is 2. The molecule has 0 saturated carbocycles. The van der Waals surface area contributed by atoms with Crippen LogP contribution < -0.4 is 0 Å². The van der Waals surface area contributed by atoms with Crippen LogP contribution >= 0.6 is 0 Å². The molecule has 1 amide bonds. The molecule has 0 aromatic rings. The molecule has 15 heavy (non-hydrogen) atoms. The Hall–Kier alpha value is -1.39. The Labute approximate surface area is 87.7 Å². The summed E-state index contributed by atoms with van der Waals surface area (Å²) in [6, 6.07) is -0.638. The lowest BCUT2D eigenvalue weighted by atomic mass is 10.2. The number of alkyl halides is 1. The minimum absolute atomic E-state index is 0.396. The minimum Gasteiger partial charge on any atom is -0.467 e. The van der Waals surface area contributed by atoms with Crippen LogP contribution in [0.2, 0.25) is 0 Å². The molecule has 5 heteroatoms. The van der Waals surface area contributed by atoms with E-state index < -0.39 is 24.1 Å². The predicted octanol–water partition coefficient (Wildman–Crippen LogP) is 0.674. The summed E-state index contributed by atoms with van der Waals surface area (Å²) < 4.78 is 17.6. The van der Waals surface area contributed by atoms with E-state index in [0.717, 1.165) is 6.08 Å².